The van der Waals surface area contributed by atoms with Crippen LogP contribution >= 0.6 is 11.3 Å². The maximum atomic E-state index is 12.3. The van der Waals surface area contributed by atoms with Crippen molar-refractivity contribution in [1.82, 2.24) is 4.98 Å². The molecule has 0 saturated carbocycles. The normalized spacial score (nSPS) is 10.2. The Morgan fingerprint density at radius 1 is 1.00 bits per heavy atom. The van der Waals surface area contributed by atoms with Crippen LogP contribution in [0, 0.1) is 0 Å². The molecule has 1 heterocycles. The van der Waals surface area contributed by atoms with E-state index in [0.29, 0.717) is 22.1 Å². The van der Waals surface area contributed by atoms with E-state index in [2.05, 4.69) is 15.6 Å². The highest BCUT2D eigenvalue weighted by Crippen LogP contribution is 2.19. The number of nitrogens with one attached hydrogen (secondary N) is 2. The summed E-state index contributed by atoms with van der Waals surface area (Å²) < 4.78 is 4.71. The number of thiazole rings is 1. The Balaban J connectivity index is 1.62. The van der Waals surface area contributed by atoms with Gasteiger partial charge in [-0.2, -0.15) is 0 Å². The molecular weight excluding hydrogens is 378 g/mol. The van der Waals surface area contributed by atoms with Crippen LogP contribution in [0.15, 0.2) is 60.0 Å². The van der Waals surface area contributed by atoms with Gasteiger partial charge in [0.05, 0.1) is 30.5 Å². The number of hydrogen-bond donors (Lipinski definition) is 2. The molecule has 8 heteroatoms. The van der Waals surface area contributed by atoms with Gasteiger partial charge < -0.3 is 10.1 Å². The first-order chi connectivity index (χ1) is 13.6. The Hall–Kier alpha value is -3.52. The van der Waals surface area contributed by atoms with Crippen molar-refractivity contribution >= 4 is 39.9 Å². The molecular formula is C20H17N3O4S. The topological polar surface area (TPSA) is 97.4 Å². The molecule has 28 heavy (non-hydrogen) atoms. The van der Waals surface area contributed by atoms with Gasteiger partial charge in [-0.25, -0.2) is 9.78 Å². The van der Waals surface area contributed by atoms with Crippen LogP contribution in [-0.4, -0.2) is 29.9 Å². The van der Waals surface area contributed by atoms with Crippen molar-refractivity contribution in [3.05, 3.63) is 76.8 Å². The number of hydrogen-bond acceptors (Lipinski definition) is 6. The molecule has 0 radical (unpaired) electrons. The second-order valence-corrected chi connectivity index (χ2v) is 6.58. The zero-order valence-electron chi connectivity index (χ0n) is 15.0. The number of methoxy groups -OCH3 is 1. The molecule has 0 unspecified atom stereocenters. The molecule has 0 fully saturated rings. The Kier molecular flexibility index (Phi) is 6.13. The van der Waals surface area contributed by atoms with Crippen LogP contribution in [0.25, 0.3) is 0 Å². The van der Waals surface area contributed by atoms with Crippen LogP contribution in [0.3, 0.4) is 0 Å². The van der Waals surface area contributed by atoms with E-state index < -0.39 is 5.97 Å². The third kappa shape index (κ3) is 4.80. The fourth-order valence-corrected chi connectivity index (χ4v) is 3.15. The fourth-order valence-electron chi connectivity index (χ4n) is 2.44. The van der Waals surface area contributed by atoms with E-state index >= 15 is 0 Å². The van der Waals surface area contributed by atoms with E-state index in [9.17, 15) is 14.4 Å². The molecule has 2 aromatic carbocycles. The van der Waals surface area contributed by atoms with Crippen molar-refractivity contribution < 1.29 is 19.1 Å². The van der Waals surface area contributed by atoms with Crippen LogP contribution in [0.2, 0.25) is 0 Å². The summed E-state index contributed by atoms with van der Waals surface area (Å²) in [6, 6.07) is 15.4. The van der Waals surface area contributed by atoms with Gasteiger partial charge in [0, 0.05) is 10.9 Å². The van der Waals surface area contributed by atoms with Crippen molar-refractivity contribution in [3.8, 4) is 0 Å². The molecule has 1 aromatic heterocycles. The highest BCUT2D eigenvalue weighted by Gasteiger charge is 2.15. The summed E-state index contributed by atoms with van der Waals surface area (Å²) >= 11 is 1.24. The first-order valence-electron chi connectivity index (χ1n) is 8.35. The van der Waals surface area contributed by atoms with Crippen molar-refractivity contribution in [2.75, 3.05) is 17.7 Å². The van der Waals surface area contributed by atoms with E-state index in [1.807, 2.05) is 6.07 Å². The second-order valence-electron chi connectivity index (χ2n) is 5.73. The van der Waals surface area contributed by atoms with Gasteiger partial charge in [0.1, 0.15) is 0 Å². The SMILES string of the molecule is COC(=O)c1ccccc1NC(=O)Cc1csc(NC(=O)c2ccccc2)n1. The molecule has 0 aliphatic heterocycles. The number of amides is 2. The summed E-state index contributed by atoms with van der Waals surface area (Å²) in [5, 5.41) is 7.51. The lowest BCUT2D eigenvalue weighted by Gasteiger charge is -2.08. The van der Waals surface area contributed by atoms with Crippen molar-refractivity contribution in [1.29, 1.82) is 0 Å². The zero-order valence-corrected chi connectivity index (χ0v) is 15.8. The number of anilines is 2. The molecule has 2 N–H and O–H groups in total. The van der Waals surface area contributed by atoms with Gasteiger partial charge in [0.25, 0.3) is 5.91 Å². The number of rotatable bonds is 6. The molecule has 0 spiro atoms. The Bertz CT molecular complexity index is 1000. The predicted molar refractivity (Wildman–Crippen MR) is 107 cm³/mol. The monoisotopic (exact) mass is 395 g/mol. The van der Waals surface area contributed by atoms with Crippen molar-refractivity contribution in [2.45, 2.75) is 6.42 Å². The summed E-state index contributed by atoms with van der Waals surface area (Å²) in [7, 11) is 1.28. The minimum Gasteiger partial charge on any atom is -0.465 e. The van der Waals surface area contributed by atoms with Crippen LogP contribution in [0.1, 0.15) is 26.4 Å². The third-order valence-corrected chi connectivity index (χ3v) is 4.56. The lowest BCUT2D eigenvalue weighted by molar-refractivity contribution is -0.115. The van der Waals surface area contributed by atoms with Crippen molar-refractivity contribution in [2.24, 2.45) is 0 Å². The molecule has 2 amide bonds. The lowest BCUT2D eigenvalue weighted by Crippen LogP contribution is -2.17. The molecule has 142 valence electrons. The van der Waals surface area contributed by atoms with Gasteiger partial charge in [-0.05, 0) is 24.3 Å². The zero-order chi connectivity index (χ0) is 19.9. The Morgan fingerprint density at radius 2 is 1.71 bits per heavy atom. The van der Waals surface area contributed by atoms with Gasteiger partial charge in [-0.15, -0.1) is 11.3 Å². The summed E-state index contributed by atoms with van der Waals surface area (Å²) in [6.07, 6.45) is 0.00716. The van der Waals surface area contributed by atoms with Crippen LogP contribution in [-0.2, 0) is 16.0 Å². The highest BCUT2D eigenvalue weighted by atomic mass is 32.1. The highest BCUT2D eigenvalue weighted by molar-refractivity contribution is 7.14. The first kappa shape index (κ1) is 19.2. The summed E-state index contributed by atoms with van der Waals surface area (Å²) in [5.41, 5.74) is 1.68. The van der Waals surface area contributed by atoms with Gasteiger partial charge in [-0.3, -0.25) is 14.9 Å². The molecule has 0 atom stereocenters. The fraction of sp³-hybridized carbons (Fsp3) is 0.100. The number of nitrogens with zero attached hydrogens (tertiary/aromatic N) is 1. The number of benzene rings is 2. The van der Waals surface area contributed by atoms with Gasteiger partial charge in [0.15, 0.2) is 5.13 Å². The average molecular weight is 395 g/mol. The molecule has 3 rings (SSSR count). The lowest BCUT2D eigenvalue weighted by atomic mass is 10.1. The number of carbonyl (C=O) groups excluding carboxylic acids is 3. The summed E-state index contributed by atoms with van der Waals surface area (Å²) in [6.45, 7) is 0. The van der Waals surface area contributed by atoms with Crippen LogP contribution < -0.4 is 10.6 Å². The minimum atomic E-state index is -0.532. The molecule has 0 aliphatic carbocycles. The Labute approximate surface area is 165 Å². The van der Waals surface area contributed by atoms with E-state index in [0.717, 1.165) is 0 Å². The van der Waals surface area contributed by atoms with Crippen LogP contribution in [0.4, 0.5) is 10.8 Å². The summed E-state index contributed by atoms with van der Waals surface area (Å²) in [4.78, 5) is 40.5. The molecule has 0 bridgehead atoms. The van der Waals surface area contributed by atoms with E-state index in [-0.39, 0.29) is 23.8 Å². The molecule has 3 aromatic rings. The predicted octanol–water partition coefficient (Wildman–Crippen LogP) is 3.36. The summed E-state index contributed by atoms with van der Waals surface area (Å²) in [5.74, 6) is -1.13. The number of ether oxygens (including phenoxy) is 1. The number of para-hydroxylation sites is 1. The molecule has 0 saturated heterocycles. The van der Waals surface area contributed by atoms with E-state index in [1.54, 1.807) is 53.9 Å². The quantitative estimate of drug-likeness (QED) is 0.624. The second kappa shape index (κ2) is 8.92. The van der Waals surface area contributed by atoms with Crippen LogP contribution in [0.5, 0.6) is 0 Å². The number of carbonyl (C=O) groups is 3. The van der Waals surface area contributed by atoms with Gasteiger partial charge >= 0.3 is 5.97 Å². The van der Waals surface area contributed by atoms with Gasteiger partial charge in [-0.1, -0.05) is 30.3 Å². The largest absolute Gasteiger partial charge is 0.465 e. The standard InChI is InChI=1S/C20H17N3O4S/c1-27-19(26)15-9-5-6-10-16(15)22-17(24)11-14-12-28-20(21-14)23-18(25)13-7-3-2-4-8-13/h2-10,12H,11H2,1H3,(H,22,24)(H,21,23,25). The van der Waals surface area contributed by atoms with E-state index in [4.69, 9.17) is 4.74 Å². The maximum absolute atomic E-state index is 12.3. The first-order valence-corrected chi connectivity index (χ1v) is 9.23. The minimum absolute atomic E-state index is 0.00716. The maximum Gasteiger partial charge on any atom is 0.339 e. The number of aromatic nitrogens is 1. The van der Waals surface area contributed by atoms with Crippen molar-refractivity contribution in [3.63, 3.8) is 0 Å². The average Bonchev–Trinajstić information content (AvgIpc) is 3.15. The Morgan fingerprint density at radius 3 is 2.46 bits per heavy atom. The van der Waals surface area contributed by atoms with Gasteiger partial charge in [0.2, 0.25) is 5.91 Å². The smallest absolute Gasteiger partial charge is 0.339 e. The molecule has 7 nitrogen and oxygen atoms in total. The third-order valence-electron chi connectivity index (χ3n) is 3.76. The molecule has 0 aliphatic rings. The number of esters is 1. The van der Waals surface area contributed by atoms with E-state index in [1.165, 1.54) is 18.4 Å².